The molecule has 2 aromatic rings. The number of amides is 1. The van der Waals surface area contributed by atoms with Crippen molar-refractivity contribution in [3.63, 3.8) is 0 Å². The third kappa shape index (κ3) is 6.07. The second-order valence-corrected chi connectivity index (χ2v) is 8.71. The molecule has 1 aliphatic heterocycles. The normalized spacial score (nSPS) is 21.6. The molecule has 32 heavy (non-hydrogen) atoms. The lowest BCUT2D eigenvalue weighted by atomic mass is 9.77. The molecule has 1 saturated heterocycles. The van der Waals surface area contributed by atoms with Crippen LogP contribution in [0.2, 0.25) is 0 Å². The molecule has 2 heterocycles. The van der Waals surface area contributed by atoms with Crippen molar-refractivity contribution in [2.24, 2.45) is 5.92 Å². The third-order valence-electron chi connectivity index (χ3n) is 6.44. The lowest BCUT2D eigenvalue weighted by Crippen LogP contribution is -2.28. The molecular weight excluding hydrogens is 408 g/mol. The number of anilines is 1. The van der Waals surface area contributed by atoms with E-state index in [0.717, 1.165) is 49.8 Å². The fourth-order valence-corrected chi connectivity index (χ4v) is 4.60. The molecule has 1 aliphatic carbocycles. The van der Waals surface area contributed by atoms with Crippen LogP contribution in [-0.4, -0.2) is 41.5 Å². The van der Waals surface area contributed by atoms with Gasteiger partial charge in [0, 0.05) is 24.8 Å². The molecule has 7 heteroatoms. The van der Waals surface area contributed by atoms with Crippen LogP contribution in [0.1, 0.15) is 56.4 Å². The van der Waals surface area contributed by atoms with E-state index < -0.39 is 12.1 Å². The van der Waals surface area contributed by atoms with Gasteiger partial charge in [-0.1, -0.05) is 24.3 Å². The van der Waals surface area contributed by atoms with Crippen LogP contribution >= 0.6 is 0 Å². The molecule has 170 valence electrons. The molecule has 0 bridgehead atoms. The minimum Gasteiger partial charge on any atom is -0.481 e. The highest BCUT2D eigenvalue weighted by atomic mass is 16.6. The van der Waals surface area contributed by atoms with E-state index in [1.54, 1.807) is 6.20 Å². The predicted molar refractivity (Wildman–Crippen MR) is 121 cm³/mol. The van der Waals surface area contributed by atoms with Gasteiger partial charge in [-0.15, -0.1) is 0 Å². The van der Waals surface area contributed by atoms with E-state index in [1.165, 1.54) is 5.56 Å². The first-order valence-electron chi connectivity index (χ1n) is 11.4. The summed E-state index contributed by atoms with van der Waals surface area (Å²) in [7, 11) is 0. The van der Waals surface area contributed by atoms with Gasteiger partial charge in [0.2, 0.25) is 0 Å². The fraction of sp³-hybridized carbons (Fsp3) is 0.480. The van der Waals surface area contributed by atoms with E-state index in [2.05, 4.69) is 34.6 Å². The highest BCUT2D eigenvalue weighted by Gasteiger charge is 2.24. The number of benzene rings is 1. The number of carbonyl (C=O) groups excluding carboxylic acids is 1. The summed E-state index contributed by atoms with van der Waals surface area (Å²) >= 11 is 0. The van der Waals surface area contributed by atoms with Crippen LogP contribution in [0, 0.1) is 5.92 Å². The molecule has 1 aromatic heterocycles. The van der Waals surface area contributed by atoms with Gasteiger partial charge >= 0.3 is 12.1 Å². The molecule has 4 rings (SSSR count). The van der Waals surface area contributed by atoms with E-state index in [4.69, 9.17) is 14.6 Å². The number of ether oxygens (including phenoxy) is 2. The number of carboxylic acids is 1. The average molecular weight is 439 g/mol. The van der Waals surface area contributed by atoms with E-state index in [-0.39, 0.29) is 12.5 Å². The molecule has 0 unspecified atom stereocenters. The topological polar surface area (TPSA) is 97.8 Å². The van der Waals surface area contributed by atoms with Crippen LogP contribution in [0.4, 0.5) is 10.5 Å². The predicted octanol–water partition coefficient (Wildman–Crippen LogP) is 5.22. The molecule has 1 aromatic carbocycles. The molecule has 1 saturated carbocycles. The smallest absolute Gasteiger partial charge is 0.411 e. The Morgan fingerprint density at radius 2 is 1.72 bits per heavy atom. The highest BCUT2D eigenvalue weighted by molar-refractivity contribution is 5.84. The number of nitrogens with zero attached hydrogens (tertiary/aromatic N) is 1. The standard InChI is InChI=1S/C25H30N2O5/c28-24(29)15-17-1-3-18(4-2-17)19-5-7-20(8-6-19)23-10-9-21(16-26-23)27-25(30)32-22-11-13-31-14-12-22/h5-10,16-18,22H,1-4,11-15H2,(H,27,30)(H,28,29). The number of aliphatic carboxylic acids is 1. The molecule has 7 nitrogen and oxygen atoms in total. The largest absolute Gasteiger partial charge is 0.481 e. The number of aromatic nitrogens is 1. The van der Waals surface area contributed by atoms with Crippen molar-refractivity contribution in [2.75, 3.05) is 18.5 Å². The zero-order chi connectivity index (χ0) is 22.3. The van der Waals surface area contributed by atoms with Crippen molar-refractivity contribution in [1.82, 2.24) is 4.98 Å². The summed E-state index contributed by atoms with van der Waals surface area (Å²) < 4.78 is 10.7. The van der Waals surface area contributed by atoms with Crippen molar-refractivity contribution in [1.29, 1.82) is 0 Å². The van der Waals surface area contributed by atoms with Gasteiger partial charge in [-0.3, -0.25) is 15.1 Å². The Labute approximate surface area is 188 Å². The van der Waals surface area contributed by atoms with Crippen LogP contribution in [0.3, 0.4) is 0 Å². The maximum atomic E-state index is 12.1. The van der Waals surface area contributed by atoms with E-state index in [1.807, 2.05) is 12.1 Å². The Balaban J connectivity index is 1.29. The summed E-state index contributed by atoms with van der Waals surface area (Å²) in [5.41, 5.74) is 3.76. The minimum absolute atomic E-state index is 0.0956. The maximum absolute atomic E-state index is 12.1. The minimum atomic E-state index is -0.692. The van der Waals surface area contributed by atoms with Crippen LogP contribution in [0.15, 0.2) is 42.6 Å². The highest BCUT2D eigenvalue weighted by Crippen LogP contribution is 2.37. The number of carboxylic acid groups (broad SMARTS) is 1. The molecule has 1 amide bonds. The van der Waals surface area contributed by atoms with Crippen molar-refractivity contribution in [3.8, 4) is 11.3 Å². The number of carbonyl (C=O) groups is 2. The third-order valence-corrected chi connectivity index (χ3v) is 6.44. The summed E-state index contributed by atoms with van der Waals surface area (Å²) in [6.07, 6.45) is 6.86. The summed E-state index contributed by atoms with van der Waals surface area (Å²) in [5, 5.41) is 11.7. The first-order chi connectivity index (χ1) is 15.6. The van der Waals surface area contributed by atoms with E-state index in [0.29, 0.717) is 30.7 Å². The lowest BCUT2D eigenvalue weighted by Gasteiger charge is -2.28. The Bertz CT molecular complexity index is 899. The zero-order valence-corrected chi connectivity index (χ0v) is 18.2. The van der Waals surface area contributed by atoms with Gasteiger partial charge in [0.05, 0.1) is 30.8 Å². The first kappa shape index (κ1) is 22.3. The molecule has 2 aliphatic rings. The van der Waals surface area contributed by atoms with Gasteiger partial charge in [0.15, 0.2) is 0 Å². The number of nitrogens with one attached hydrogen (secondary N) is 1. The van der Waals surface area contributed by atoms with Crippen molar-refractivity contribution < 1.29 is 24.2 Å². The van der Waals surface area contributed by atoms with Crippen LogP contribution in [0.5, 0.6) is 0 Å². The quantitative estimate of drug-likeness (QED) is 0.641. The fourth-order valence-electron chi connectivity index (χ4n) is 4.60. The lowest BCUT2D eigenvalue weighted by molar-refractivity contribution is -0.138. The molecule has 0 radical (unpaired) electrons. The Morgan fingerprint density at radius 3 is 2.34 bits per heavy atom. The van der Waals surface area contributed by atoms with Crippen molar-refractivity contribution >= 4 is 17.7 Å². The van der Waals surface area contributed by atoms with Gasteiger partial charge < -0.3 is 14.6 Å². The Hall–Kier alpha value is -2.93. The average Bonchev–Trinajstić information content (AvgIpc) is 2.80. The molecule has 2 N–H and O–H groups in total. The van der Waals surface area contributed by atoms with Gasteiger partial charge in [-0.25, -0.2) is 4.79 Å². The second-order valence-electron chi connectivity index (χ2n) is 8.71. The van der Waals surface area contributed by atoms with Crippen molar-refractivity contribution in [2.45, 2.75) is 57.0 Å². The summed E-state index contributed by atoms with van der Waals surface area (Å²) in [6, 6.07) is 12.2. The first-order valence-corrected chi connectivity index (χ1v) is 11.4. The van der Waals surface area contributed by atoms with Gasteiger partial charge in [0.25, 0.3) is 0 Å². The summed E-state index contributed by atoms with van der Waals surface area (Å²) in [5.74, 6) is 0.117. The SMILES string of the molecule is O=C(O)CC1CCC(c2ccc(-c3ccc(NC(=O)OC4CCOCC4)cn3)cc2)CC1. The summed E-state index contributed by atoms with van der Waals surface area (Å²) in [4.78, 5) is 27.5. The zero-order valence-electron chi connectivity index (χ0n) is 18.2. The summed E-state index contributed by atoms with van der Waals surface area (Å²) in [6.45, 7) is 1.25. The van der Waals surface area contributed by atoms with Crippen molar-refractivity contribution in [3.05, 3.63) is 48.2 Å². The Morgan fingerprint density at radius 1 is 1.00 bits per heavy atom. The van der Waals surface area contributed by atoms with Gasteiger partial charge in [-0.2, -0.15) is 0 Å². The number of pyridine rings is 1. The van der Waals surface area contributed by atoms with Gasteiger partial charge in [0.1, 0.15) is 6.10 Å². The second kappa shape index (κ2) is 10.6. The number of hydrogen-bond acceptors (Lipinski definition) is 5. The monoisotopic (exact) mass is 438 g/mol. The molecule has 2 fully saturated rings. The number of rotatable bonds is 6. The van der Waals surface area contributed by atoms with E-state index in [9.17, 15) is 9.59 Å². The van der Waals surface area contributed by atoms with Crippen LogP contribution in [-0.2, 0) is 14.3 Å². The Kier molecular flexibility index (Phi) is 7.37. The molecular formula is C25H30N2O5. The van der Waals surface area contributed by atoms with E-state index >= 15 is 0 Å². The maximum Gasteiger partial charge on any atom is 0.411 e. The van der Waals surface area contributed by atoms with Crippen LogP contribution in [0.25, 0.3) is 11.3 Å². The molecule has 0 atom stereocenters. The number of hydrogen-bond donors (Lipinski definition) is 2. The van der Waals surface area contributed by atoms with Gasteiger partial charge in [-0.05, 0) is 55.2 Å². The molecule has 0 spiro atoms. The van der Waals surface area contributed by atoms with Crippen LogP contribution < -0.4 is 5.32 Å².